The Bertz CT molecular complexity index is 1570. The zero-order valence-electron chi connectivity index (χ0n) is 20.8. The highest BCUT2D eigenvalue weighted by molar-refractivity contribution is 5.97. The SMILES string of the molecule is C=C(O)C(C)(C)Cc1ccc(-c2cccc(-n3cc(C(=O)NCC(F)(F)F)c(=O)c4cccnc43)c2)cc1. The molecule has 2 heterocycles. The fourth-order valence-electron chi connectivity index (χ4n) is 4.06. The zero-order chi connectivity index (χ0) is 27.7. The van der Waals surface area contributed by atoms with Gasteiger partial charge in [0.25, 0.3) is 5.91 Å². The normalized spacial score (nSPS) is 11.9. The lowest BCUT2D eigenvalue weighted by atomic mass is 9.84. The van der Waals surface area contributed by atoms with Crippen LogP contribution in [0.2, 0.25) is 0 Å². The van der Waals surface area contributed by atoms with Crippen molar-refractivity contribution >= 4 is 16.9 Å². The maximum absolute atomic E-state index is 12.9. The maximum Gasteiger partial charge on any atom is 0.405 e. The molecule has 0 atom stereocenters. The number of amides is 1. The smallest absolute Gasteiger partial charge is 0.405 e. The number of aromatic nitrogens is 2. The number of rotatable bonds is 7. The van der Waals surface area contributed by atoms with Gasteiger partial charge >= 0.3 is 6.18 Å². The summed E-state index contributed by atoms with van der Waals surface area (Å²) in [6.07, 6.45) is -1.29. The molecular weight excluding hydrogens is 495 g/mol. The summed E-state index contributed by atoms with van der Waals surface area (Å²) >= 11 is 0. The number of aliphatic hydroxyl groups is 1. The van der Waals surface area contributed by atoms with Crippen molar-refractivity contribution in [3.8, 4) is 16.8 Å². The summed E-state index contributed by atoms with van der Waals surface area (Å²) in [5.41, 5.74) is 2.01. The number of hydrogen-bond donors (Lipinski definition) is 2. The first kappa shape index (κ1) is 26.7. The van der Waals surface area contributed by atoms with E-state index in [-0.39, 0.29) is 16.8 Å². The predicted octanol–water partition coefficient (Wildman–Crippen LogP) is 5.99. The number of carbonyl (C=O) groups excluding carboxylic acids is 1. The van der Waals surface area contributed by atoms with Gasteiger partial charge < -0.3 is 15.0 Å². The third-order valence-corrected chi connectivity index (χ3v) is 6.30. The molecule has 0 fully saturated rings. The van der Waals surface area contributed by atoms with Gasteiger partial charge in [0.15, 0.2) is 0 Å². The van der Waals surface area contributed by atoms with Crippen LogP contribution in [-0.4, -0.2) is 33.3 Å². The van der Waals surface area contributed by atoms with Crippen LogP contribution < -0.4 is 10.7 Å². The Labute approximate surface area is 217 Å². The number of nitrogens with zero attached hydrogens (tertiary/aromatic N) is 2. The van der Waals surface area contributed by atoms with Gasteiger partial charge in [0, 0.05) is 23.5 Å². The average molecular weight is 522 g/mol. The Hall–Kier alpha value is -4.40. The van der Waals surface area contributed by atoms with Crippen LogP contribution in [0.25, 0.3) is 27.8 Å². The molecule has 0 saturated heterocycles. The van der Waals surface area contributed by atoms with Crippen molar-refractivity contribution in [2.75, 3.05) is 6.54 Å². The van der Waals surface area contributed by atoms with Crippen molar-refractivity contribution in [3.05, 3.63) is 107 Å². The minimum atomic E-state index is -4.61. The molecule has 196 valence electrons. The Morgan fingerprint density at radius 3 is 2.42 bits per heavy atom. The van der Waals surface area contributed by atoms with Gasteiger partial charge in [-0.25, -0.2) is 4.98 Å². The second kappa shape index (κ2) is 10.2. The fourth-order valence-corrected chi connectivity index (χ4v) is 4.06. The number of pyridine rings is 2. The second-order valence-corrected chi connectivity index (χ2v) is 9.67. The van der Waals surface area contributed by atoms with Crippen molar-refractivity contribution in [1.29, 1.82) is 0 Å². The van der Waals surface area contributed by atoms with E-state index >= 15 is 0 Å². The van der Waals surface area contributed by atoms with E-state index in [2.05, 4.69) is 11.6 Å². The van der Waals surface area contributed by atoms with Crippen molar-refractivity contribution in [3.63, 3.8) is 0 Å². The average Bonchev–Trinajstić information content (AvgIpc) is 2.87. The van der Waals surface area contributed by atoms with Gasteiger partial charge in [-0.3, -0.25) is 9.59 Å². The maximum atomic E-state index is 12.9. The number of nitrogens with one attached hydrogen (secondary N) is 1. The second-order valence-electron chi connectivity index (χ2n) is 9.67. The van der Waals surface area contributed by atoms with Gasteiger partial charge in [-0.05, 0) is 47.4 Å². The van der Waals surface area contributed by atoms with E-state index in [1.807, 2.05) is 50.2 Å². The van der Waals surface area contributed by atoms with Crippen molar-refractivity contribution < 1.29 is 23.1 Å². The van der Waals surface area contributed by atoms with E-state index in [4.69, 9.17) is 0 Å². The molecule has 2 aromatic heterocycles. The Morgan fingerprint density at radius 1 is 1.05 bits per heavy atom. The molecule has 0 aliphatic carbocycles. The molecule has 0 saturated carbocycles. The number of hydrogen-bond acceptors (Lipinski definition) is 4. The molecule has 4 aromatic rings. The summed E-state index contributed by atoms with van der Waals surface area (Å²) in [4.78, 5) is 29.7. The van der Waals surface area contributed by atoms with Crippen molar-refractivity contribution in [2.45, 2.75) is 26.4 Å². The molecule has 38 heavy (non-hydrogen) atoms. The molecule has 1 amide bonds. The van der Waals surface area contributed by atoms with Gasteiger partial charge in [0.2, 0.25) is 5.43 Å². The lowest BCUT2D eigenvalue weighted by Gasteiger charge is -2.23. The van der Waals surface area contributed by atoms with E-state index in [1.54, 1.807) is 17.4 Å². The molecular formula is C29H26F3N3O3. The molecule has 0 aliphatic rings. The minimum absolute atomic E-state index is 0.106. The number of benzene rings is 2. The zero-order valence-corrected chi connectivity index (χ0v) is 20.8. The number of carbonyl (C=O) groups is 1. The Balaban J connectivity index is 1.73. The highest BCUT2D eigenvalue weighted by atomic mass is 19.4. The third-order valence-electron chi connectivity index (χ3n) is 6.30. The lowest BCUT2D eigenvalue weighted by Crippen LogP contribution is -2.36. The Morgan fingerprint density at radius 2 is 1.76 bits per heavy atom. The number of halogens is 3. The van der Waals surface area contributed by atoms with E-state index < -0.39 is 35.0 Å². The lowest BCUT2D eigenvalue weighted by molar-refractivity contribution is -0.123. The summed E-state index contributed by atoms with van der Waals surface area (Å²) < 4.78 is 39.5. The molecule has 0 bridgehead atoms. The van der Waals surface area contributed by atoms with Gasteiger partial charge in [-0.2, -0.15) is 13.2 Å². The summed E-state index contributed by atoms with van der Waals surface area (Å²) in [6.45, 7) is 5.91. The number of fused-ring (bicyclic) bond motifs is 1. The van der Waals surface area contributed by atoms with Crippen LogP contribution in [0.15, 0.2) is 90.2 Å². The van der Waals surface area contributed by atoms with E-state index in [0.29, 0.717) is 12.1 Å². The summed E-state index contributed by atoms with van der Waals surface area (Å²) in [6, 6.07) is 18.1. The third kappa shape index (κ3) is 5.77. The van der Waals surface area contributed by atoms with Crippen LogP contribution in [0.3, 0.4) is 0 Å². The number of aliphatic hydroxyl groups excluding tert-OH is 1. The van der Waals surface area contributed by atoms with Crippen LogP contribution >= 0.6 is 0 Å². The molecule has 2 N–H and O–H groups in total. The topological polar surface area (TPSA) is 84.2 Å². The van der Waals surface area contributed by atoms with Crippen LogP contribution in [0.4, 0.5) is 13.2 Å². The van der Waals surface area contributed by atoms with Crippen LogP contribution in [-0.2, 0) is 6.42 Å². The van der Waals surface area contributed by atoms with E-state index in [1.165, 1.54) is 29.1 Å². The van der Waals surface area contributed by atoms with Crippen molar-refractivity contribution in [2.24, 2.45) is 5.41 Å². The minimum Gasteiger partial charge on any atom is -0.512 e. The van der Waals surface area contributed by atoms with Gasteiger partial charge in [0.05, 0.1) is 11.1 Å². The summed E-state index contributed by atoms with van der Waals surface area (Å²) in [5, 5.41) is 11.7. The number of alkyl halides is 3. The largest absolute Gasteiger partial charge is 0.512 e. The van der Waals surface area contributed by atoms with Gasteiger partial charge in [-0.1, -0.05) is 56.8 Å². The van der Waals surface area contributed by atoms with E-state index in [9.17, 15) is 27.9 Å². The van der Waals surface area contributed by atoms with E-state index in [0.717, 1.165) is 16.7 Å². The Kier molecular flexibility index (Phi) is 7.13. The monoisotopic (exact) mass is 521 g/mol. The molecule has 0 spiro atoms. The standard InChI is InChI=1S/C29H26F3N3O3/c1-18(36)28(2,3)15-19-9-11-20(12-10-19)21-6-4-7-22(14-21)35-16-24(27(38)34-17-29(30,31)32)25(37)23-8-5-13-33-26(23)35/h4-14,16,36H,1,15,17H2,2-3H3,(H,34,38). The molecule has 0 aliphatic heterocycles. The first-order valence-electron chi connectivity index (χ1n) is 11.8. The van der Waals surface area contributed by atoms with Gasteiger partial charge in [-0.15, -0.1) is 0 Å². The van der Waals surface area contributed by atoms with Crippen LogP contribution in [0.1, 0.15) is 29.8 Å². The molecule has 9 heteroatoms. The highest BCUT2D eigenvalue weighted by Crippen LogP contribution is 2.30. The summed E-state index contributed by atoms with van der Waals surface area (Å²) in [7, 11) is 0. The first-order valence-corrected chi connectivity index (χ1v) is 11.8. The summed E-state index contributed by atoms with van der Waals surface area (Å²) in [5.74, 6) is -1.00. The molecule has 6 nitrogen and oxygen atoms in total. The fraction of sp³-hybridized carbons (Fsp3) is 0.207. The quantitative estimate of drug-likeness (QED) is 0.293. The molecule has 0 unspecified atom stereocenters. The number of allylic oxidation sites excluding steroid dienone is 1. The molecule has 2 aromatic carbocycles. The van der Waals surface area contributed by atoms with Crippen LogP contribution in [0, 0.1) is 5.41 Å². The van der Waals surface area contributed by atoms with Gasteiger partial charge in [0.1, 0.15) is 17.8 Å². The predicted molar refractivity (Wildman–Crippen MR) is 140 cm³/mol. The van der Waals surface area contributed by atoms with Crippen LogP contribution in [0.5, 0.6) is 0 Å². The highest BCUT2D eigenvalue weighted by Gasteiger charge is 2.29. The first-order chi connectivity index (χ1) is 17.9. The van der Waals surface area contributed by atoms with Crippen molar-refractivity contribution in [1.82, 2.24) is 14.9 Å². The molecule has 0 radical (unpaired) electrons. The molecule has 4 rings (SSSR count).